The number of benzene rings is 2. The van der Waals surface area contributed by atoms with Crippen LogP contribution in [0.3, 0.4) is 0 Å². The maximum absolute atomic E-state index is 9.10. The van der Waals surface area contributed by atoms with Gasteiger partial charge in [-0.3, -0.25) is 0 Å². The molecule has 1 aliphatic rings. The molecular weight excluding hydrogens is 272 g/mol. The number of hydrogen-bond acceptors (Lipinski definition) is 2. The van der Waals surface area contributed by atoms with E-state index in [9.17, 15) is 0 Å². The van der Waals surface area contributed by atoms with Crippen molar-refractivity contribution in [1.29, 1.82) is 0 Å². The van der Waals surface area contributed by atoms with Crippen molar-refractivity contribution in [2.24, 2.45) is 0 Å². The Balaban J connectivity index is 0.000000228. The van der Waals surface area contributed by atoms with Crippen molar-refractivity contribution in [3.63, 3.8) is 0 Å². The van der Waals surface area contributed by atoms with Crippen molar-refractivity contribution in [2.45, 2.75) is 52.1 Å². The van der Waals surface area contributed by atoms with Crippen LogP contribution in [0.5, 0.6) is 5.75 Å². The Bertz CT molecular complexity index is 485. The third-order valence-corrected chi connectivity index (χ3v) is 3.55. The van der Waals surface area contributed by atoms with Gasteiger partial charge in [0, 0.05) is 0 Å². The molecule has 0 atom stereocenters. The van der Waals surface area contributed by atoms with Gasteiger partial charge in [-0.2, -0.15) is 0 Å². The second kappa shape index (κ2) is 10.9. The fourth-order valence-electron chi connectivity index (χ4n) is 2.37. The average molecular weight is 300 g/mol. The second-order valence-electron chi connectivity index (χ2n) is 5.20. The van der Waals surface area contributed by atoms with E-state index in [0.717, 1.165) is 18.4 Å². The molecule has 2 nitrogen and oxygen atoms in total. The molecular formula is C20H28O2. The predicted molar refractivity (Wildman–Crippen MR) is 94.0 cm³/mol. The van der Waals surface area contributed by atoms with Crippen LogP contribution in [-0.4, -0.2) is 16.3 Å². The summed E-state index contributed by atoms with van der Waals surface area (Å²) in [7, 11) is 0. The molecule has 120 valence electrons. The normalized spacial score (nSPS) is 14.1. The number of phenols is 1. The monoisotopic (exact) mass is 300 g/mol. The van der Waals surface area contributed by atoms with Gasteiger partial charge in [-0.15, -0.1) is 0 Å². The van der Waals surface area contributed by atoms with Gasteiger partial charge in [0.1, 0.15) is 5.75 Å². The lowest BCUT2D eigenvalue weighted by molar-refractivity contribution is 0.130. The Morgan fingerprint density at radius 3 is 1.68 bits per heavy atom. The Morgan fingerprint density at radius 2 is 1.23 bits per heavy atom. The van der Waals surface area contributed by atoms with Crippen LogP contribution in [-0.2, 0) is 0 Å². The summed E-state index contributed by atoms with van der Waals surface area (Å²) in [5.74, 6) is 0.305. The molecule has 3 rings (SSSR count). The van der Waals surface area contributed by atoms with Crippen molar-refractivity contribution in [1.82, 2.24) is 0 Å². The molecule has 0 aromatic heterocycles. The molecule has 0 amide bonds. The van der Waals surface area contributed by atoms with Gasteiger partial charge in [0.2, 0.25) is 0 Å². The van der Waals surface area contributed by atoms with E-state index in [1.807, 2.05) is 56.3 Å². The lowest BCUT2D eigenvalue weighted by Gasteiger charge is -2.14. The van der Waals surface area contributed by atoms with E-state index in [-0.39, 0.29) is 6.10 Å². The molecule has 2 aromatic carbocycles. The fraction of sp³-hybridized carbons (Fsp3) is 0.400. The molecule has 1 saturated carbocycles. The van der Waals surface area contributed by atoms with Gasteiger partial charge in [-0.25, -0.2) is 0 Å². The number of phenolic OH excluding ortho intramolecular Hbond substituents is 1. The maximum atomic E-state index is 9.10. The molecule has 1 fully saturated rings. The van der Waals surface area contributed by atoms with Gasteiger partial charge < -0.3 is 10.2 Å². The summed E-state index contributed by atoms with van der Waals surface area (Å²) >= 11 is 0. The summed E-state index contributed by atoms with van der Waals surface area (Å²) in [6, 6.07) is 17.3. The summed E-state index contributed by atoms with van der Waals surface area (Å²) < 4.78 is 0. The fourth-order valence-corrected chi connectivity index (χ4v) is 2.37. The molecule has 0 unspecified atom stereocenters. The quantitative estimate of drug-likeness (QED) is 0.740. The Hall–Kier alpha value is -1.80. The first-order chi connectivity index (χ1) is 10.8. The topological polar surface area (TPSA) is 40.5 Å². The Labute approximate surface area is 134 Å². The summed E-state index contributed by atoms with van der Waals surface area (Å²) in [6.07, 6.45) is 5.92. The van der Waals surface area contributed by atoms with E-state index in [0.29, 0.717) is 5.75 Å². The van der Waals surface area contributed by atoms with Gasteiger partial charge in [0.15, 0.2) is 0 Å². The van der Waals surface area contributed by atoms with Crippen LogP contribution < -0.4 is 0 Å². The standard InChI is InChI=1S/C12H10O.C6H12O.C2H6/c13-12-8-6-11(7-9-12)10-4-2-1-3-5-10;7-6-4-2-1-3-5-6;1-2/h1-9,13H;6-7H,1-5H2;1-2H3. The first kappa shape index (κ1) is 18.2. The van der Waals surface area contributed by atoms with Crippen LogP contribution in [0, 0.1) is 0 Å². The van der Waals surface area contributed by atoms with Crippen molar-refractivity contribution in [3.05, 3.63) is 54.6 Å². The molecule has 22 heavy (non-hydrogen) atoms. The molecule has 2 N–H and O–H groups in total. The molecule has 0 spiro atoms. The van der Waals surface area contributed by atoms with E-state index >= 15 is 0 Å². The smallest absolute Gasteiger partial charge is 0.115 e. The highest BCUT2D eigenvalue weighted by molar-refractivity contribution is 5.63. The van der Waals surface area contributed by atoms with Crippen LogP contribution in [0.2, 0.25) is 0 Å². The summed E-state index contributed by atoms with van der Waals surface area (Å²) in [5, 5.41) is 18.0. The summed E-state index contributed by atoms with van der Waals surface area (Å²) in [5.41, 5.74) is 2.29. The van der Waals surface area contributed by atoms with Crippen LogP contribution >= 0.6 is 0 Å². The highest BCUT2D eigenvalue weighted by Gasteiger charge is 2.07. The van der Waals surface area contributed by atoms with E-state index in [1.54, 1.807) is 12.1 Å². The zero-order chi connectivity index (χ0) is 16.2. The molecule has 0 heterocycles. The maximum Gasteiger partial charge on any atom is 0.115 e. The highest BCUT2D eigenvalue weighted by Crippen LogP contribution is 2.20. The van der Waals surface area contributed by atoms with E-state index in [1.165, 1.54) is 24.8 Å². The zero-order valence-corrected chi connectivity index (χ0v) is 13.7. The van der Waals surface area contributed by atoms with Crippen LogP contribution in [0.25, 0.3) is 11.1 Å². The van der Waals surface area contributed by atoms with Gasteiger partial charge in [-0.1, -0.05) is 75.6 Å². The van der Waals surface area contributed by atoms with Crippen LogP contribution in [0.1, 0.15) is 46.0 Å². The van der Waals surface area contributed by atoms with Gasteiger partial charge in [0.05, 0.1) is 6.10 Å². The van der Waals surface area contributed by atoms with Crippen molar-refractivity contribution < 1.29 is 10.2 Å². The van der Waals surface area contributed by atoms with Crippen molar-refractivity contribution >= 4 is 0 Å². The third kappa shape index (κ3) is 6.77. The lowest BCUT2D eigenvalue weighted by atomic mass is 9.98. The highest BCUT2D eigenvalue weighted by atomic mass is 16.3. The average Bonchev–Trinajstić information content (AvgIpc) is 2.59. The lowest BCUT2D eigenvalue weighted by Crippen LogP contribution is -2.09. The van der Waals surface area contributed by atoms with E-state index in [4.69, 9.17) is 10.2 Å². The number of aliphatic hydroxyl groups is 1. The summed E-state index contributed by atoms with van der Waals surface area (Å²) in [4.78, 5) is 0. The number of hydrogen-bond donors (Lipinski definition) is 2. The van der Waals surface area contributed by atoms with Crippen LogP contribution in [0.15, 0.2) is 54.6 Å². The van der Waals surface area contributed by atoms with Crippen molar-refractivity contribution in [3.8, 4) is 16.9 Å². The third-order valence-electron chi connectivity index (χ3n) is 3.55. The minimum atomic E-state index is 0.0359. The minimum absolute atomic E-state index is 0.0359. The van der Waals surface area contributed by atoms with Gasteiger partial charge >= 0.3 is 0 Å². The Morgan fingerprint density at radius 1 is 0.727 bits per heavy atom. The van der Waals surface area contributed by atoms with Gasteiger partial charge in [-0.05, 0) is 36.1 Å². The predicted octanol–water partition coefficient (Wildman–Crippen LogP) is 5.40. The zero-order valence-electron chi connectivity index (χ0n) is 13.7. The molecule has 1 aliphatic carbocycles. The first-order valence-electron chi connectivity index (χ1n) is 8.28. The number of aromatic hydroxyl groups is 1. The minimum Gasteiger partial charge on any atom is -0.508 e. The van der Waals surface area contributed by atoms with Crippen LogP contribution in [0.4, 0.5) is 0 Å². The second-order valence-corrected chi connectivity index (χ2v) is 5.20. The molecule has 0 aliphatic heterocycles. The molecule has 2 heteroatoms. The largest absolute Gasteiger partial charge is 0.508 e. The molecule has 0 bridgehead atoms. The SMILES string of the molecule is CC.OC1CCCCC1.Oc1ccc(-c2ccccc2)cc1. The van der Waals surface area contributed by atoms with Gasteiger partial charge in [0.25, 0.3) is 0 Å². The molecule has 0 saturated heterocycles. The first-order valence-corrected chi connectivity index (χ1v) is 8.28. The number of aliphatic hydroxyl groups excluding tert-OH is 1. The molecule has 0 radical (unpaired) electrons. The number of rotatable bonds is 1. The summed E-state index contributed by atoms with van der Waals surface area (Å²) in [6.45, 7) is 4.00. The van der Waals surface area contributed by atoms with E-state index in [2.05, 4.69) is 0 Å². The van der Waals surface area contributed by atoms with Crippen molar-refractivity contribution in [2.75, 3.05) is 0 Å². The Kier molecular flexibility index (Phi) is 9.01. The molecule has 2 aromatic rings. The van der Waals surface area contributed by atoms with E-state index < -0.39 is 0 Å².